The van der Waals surface area contributed by atoms with Crippen LogP contribution in [-0.4, -0.2) is 42.8 Å². The molecular formula is C22H25N3O4. The number of likely N-dealkylation sites (N-methyl/N-ethyl adjacent to an activating group) is 1. The SMILES string of the molecule is CCN(CC(=O)Nc1cccc(OC)c1)C(=O)c1ccc(NC(=O)C2CC2)cc1. The molecule has 0 heterocycles. The molecular weight excluding hydrogens is 370 g/mol. The number of ether oxygens (including phenoxy) is 1. The molecule has 2 aromatic rings. The van der Waals surface area contributed by atoms with Crippen LogP contribution in [0.3, 0.4) is 0 Å². The summed E-state index contributed by atoms with van der Waals surface area (Å²) in [5.41, 5.74) is 1.73. The van der Waals surface area contributed by atoms with Gasteiger partial charge in [-0.1, -0.05) is 6.07 Å². The van der Waals surface area contributed by atoms with Crippen molar-refractivity contribution in [2.75, 3.05) is 30.8 Å². The molecule has 1 fully saturated rings. The second kappa shape index (κ2) is 9.23. The summed E-state index contributed by atoms with van der Waals surface area (Å²) >= 11 is 0. The fourth-order valence-electron chi connectivity index (χ4n) is 2.87. The highest BCUT2D eigenvalue weighted by Crippen LogP contribution is 2.30. The zero-order valence-corrected chi connectivity index (χ0v) is 16.6. The van der Waals surface area contributed by atoms with Gasteiger partial charge >= 0.3 is 0 Å². The predicted molar refractivity (Wildman–Crippen MR) is 111 cm³/mol. The summed E-state index contributed by atoms with van der Waals surface area (Å²) in [5.74, 6) is 0.249. The Morgan fingerprint density at radius 3 is 2.38 bits per heavy atom. The Morgan fingerprint density at radius 1 is 1.03 bits per heavy atom. The molecule has 0 spiro atoms. The molecule has 0 aromatic heterocycles. The van der Waals surface area contributed by atoms with Crippen LogP contribution in [-0.2, 0) is 9.59 Å². The fourth-order valence-corrected chi connectivity index (χ4v) is 2.87. The van der Waals surface area contributed by atoms with E-state index in [1.807, 2.05) is 6.92 Å². The van der Waals surface area contributed by atoms with Gasteiger partial charge in [-0.2, -0.15) is 0 Å². The Morgan fingerprint density at radius 2 is 1.76 bits per heavy atom. The van der Waals surface area contributed by atoms with Crippen LogP contribution in [0.4, 0.5) is 11.4 Å². The third-order valence-electron chi connectivity index (χ3n) is 4.70. The standard InChI is InChI=1S/C22H25N3O4/c1-3-25(14-20(26)23-18-5-4-6-19(13-18)29-2)22(28)16-9-11-17(12-10-16)24-21(27)15-7-8-15/h4-6,9-13,15H,3,7-8,14H2,1-2H3,(H,23,26)(H,24,27). The van der Waals surface area contributed by atoms with Crippen molar-refractivity contribution in [2.24, 2.45) is 5.92 Å². The van der Waals surface area contributed by atoms with E-state index in [0.717, 1.165) is 12.8 Å². The van der Waals surface area contributed by atoms with Crippen LogP contribution in [0.25, 0.3) is 0 Å². The maximum absolute atomic E-state index is 12.8. The smallest absolute Gasteiger partial charge is 0.254 e. The van der Waals surface area contributed by atoms with Gasteiger partial charge in [0.1, 0.15) is 12.3 Å². The van der Waals surface area contributed by atoms with E-state index < -0.39 is 0 Å². The van der Waals surface area contributed by atoms with Gasteiger partial charge in [0, 0.05) is 35.5 Å². The number of amides is 3. The zero-order chi connectivity index (χ0) is 20.8. The Hall–Kier alpha value is -3.35. The normalized spacial score (nSPS) is 12.8. The lowest BCUT2D eigenvalue weighted by molar-refractivity contribution is -0.117. The summed E-state index contributed by atoms with van der Waals surface area (Å²) in [4.78, 5) is 38.4. The summed E-state index contributed by atoms with van der Waals surface area (Å²) in [6.45, 7) is 2.15. The Labute approximate surface area is 170 Å². The molecule has 3 rings (SSSR count). The predicted octanol–water partition coefficient (Wildman–Crippen LogP) is 3.14. The lowest BCUT2D eigenvalue weighted by Crippen LogP contribution is -2.37. The number of carbonyl (C=O) groups is 3. The van der Waals surface area contributed by atoms with Gasteiger partial charge in [-0.3, -0.25) is 14.4 Å². The summed E-state index contributed by atoms with van der Waals surface area (Å²) in [6.07, 6.45) is 1.87. The number of nitrogens with one attached hydrogen (secondary N) is 2. The zero-order valence-electron chi connectivity index (χ0n) is 16.6. The molecule has 0 unspecified atom stereocenters. The van der Waals surface area contributed by atoms with Crippen LogP contribution in [0.5, 0.6) is 5.75 Å². The van der Waals surface area contributed by atoms with Crippen molar-refractivity contribution in [3.63, 3.8) is 0 Å². The van der Waals surface area contributed by atoms with Gasteiger partial charge in [-0.05, 0) is 56.2 Å². The number of nitrogens with zero attached hydrogens (tertiary/aromatic N) is 1. The molecule has 2 aromatic carbocycles. The van der Waals surface area contributed by atoms with Crippen LogP contribution in [0.1, 0.15) is 30.1 Å². The van der Waals surface area contributed by atoms with E-state index in [1.54, 1.807) is 55.6 Å². The molecule has 0 saturated heterocycles. The molecule has 1 aliphatic rings. The van der Waals surface area contributed by atoms with Crippen molar-refractivity contribution < 1.29 is 19.1 Å². The molecule has 7 nitrogen and oxygen atoms in total. The first-order chi connectivity index (χ1) is 14.0. The molecule has 29 heavy (non-hydrogen) atoms. The summed E-state index contributed by atoms with van der Waals surface area (Å²) in [5, 5.41) is 5.62. The van der Waals surface area contributed by atoms with E-state index >= 15 is 0 Å². The number of hydrogen-bond donors (Lipinski definition) is 2. The molecule has 0 radical (unpaired) electrons. The van der Waals surface area contributed by atoms with Crippen molar-refractivity contribution in [3.05, 3.63) is 54.1 Å². The van der Waals surface area contributed by atoms with Gasteiger partial charge in [0.15, 0.2) is 0 Å². The van der Waals surface area contributed by atoms with Gasteiger partial charge < -0.3 is 20.3 Å². The number of carbonyl (C=O) groups excluding carboxylic acids is 3. The number of hydrogen-bond acceptors (Lipinski definition) is 4. The van der Waals surface area contributed by atoms with Crippen LogP contribution >= 0.6 is 0 Å². The minimum Gasteiger partial charge on any atom is -0.497 e. The van der Waals surface area contributed by atoms with Gasteiger partial charge in [0.05, 0.1) is 7.11 Å². The summed E-state index contributed by atoms with van der Waals surface area (Å²) in [6, 6.07) is 13.8. The molecule has 152 valence electrons. The third kappa shape index (κ3) is 5.57. The van der Waals surface area contributed by atoms with Crippen LogP contribution in [0.15, 0.2) is 48.5 Å². The summed E-state index contributed by atoms with van der Waals surface area (Å²) < 4.78 is 5.14. The van der Waals surface area contributed by atoms with E-state index in [1.165, 1.54) is 4.90 Å². The average molecular weight is 395 g/mol. The Kier molecular flexibility index (Phi) is 6.49. The molecule has 7 heteroatoms. The Balaban J connectivity index is 1.58. The topological polar surface area (TPSA) is 87.7 Å². The van der Waals surface area contributed by atoms with E-state index in [2.05, 4.69) is 10.6 Å². The lowest BCUT2D eigenvalue weighted by atomic mass is 10.1. The first kappa shape index (κ1) is 20.4. The van der Waals surface area contributed by atoms with E-state index in [4.69, 9.17) is 4.74 Å². The highest BCUT2D eigenvalue weighted by molar-refractivity contribution is 6.00. The van der Waals surface area contributed by atoms with Crippen molar-refractivity contribution in [2.45, 2.75) is 19.8 Å². The first-order valence-electron chi connectivity index (χ1n) is 9.64. The number of rotatable bonds is 8. The van der Waals surface area contributed by atoms with Gasteiger partial charge in [-0.15, -0.1) is 0 Å². The van der Waals surface area contributed by atoms with E-state index in [-0.39, 0.29) is 30.2 Å². The van der Waals surface area contributed by atoms with Gasteiger partial charge in [-0.25, -0.2) is 0 Å². The molecule has 0 aliphatic heterocycles. The fraction of sp³-hybridized carbons (Fsp3) is 0.318. The Bertz CT molecular complexity index is 891. The van der Waals surface area contributed by atoms with Crippen LogP contribution in [0, 0.1) is 5.92 Å². The second-order valence-corrected chi connectivity index (χ2v) is 6.94. The number of benzene rings is 2. The van der Waals surface area contributed by atoms with Crippen molar-refractivity contribution in [1.29, 1.82) is 0 Å². The average Bonchev–Trinajstić information content (AvgIpc) is 3.57. The van der Waals surface area contributed by atoms with Gasteiger partial charge in [0.2, 0.25) is 11.8 Å². The summed E-state index contributed by atoms with van der Waals surface area (Å²) in [7, 11) is 1.56. The maximum atomic E-state index is 12.8. The van der Waals surface area contributed by atoms with Gasteiger partial charge in [0.25, 0.3) is 5.91 Å². The molecule has 1 aliphatic carbocycles. The van der Waals surface area contributed by atoms with E-state index in [0.29, 0.717) is 29.2 Å². The van der Waals surface area contributed by atoms with Crippen molar-refractivity contribution >= 4 is 29.1 Å². The molecule has 2 N–H and O–H groups in total. The second-order valence-electron chi connectivity index (χ2n) is 6.94. The van der Waals surface area contributed by atoms with Crippen molar-refractivity contribution in [3.8, 4) is 5.75 Å². The first-order valence-corrected chi connectivity index (χ1v) is 9.64. The molecule has 0 atom stereocenters. The number of methoxy groups -OCH3 is 1. The van der Waals surface area contributed by atoms with Crippen LogP contribution < -0.4 is 15.4 Å². The highest BCUT2D eigenvalue weighted by atomic mass is 16.5. The molecule has 0 bridgehead atoms. The highest BCUT2D eigenvalue weighted by Gasteiger charge is 2.29. The maximum Gasteiger partial charge on any atom is 0.254 e. The van der Waals surface area contributed by atoms with Crippen molar-refractivity contribution in [1.82, 2.24) is 4.90 Å². The minimum atomic E-state index is -0.290. The lowest BCUT2D eigenvalue weighted by Gasteiger charge is -2.20. The quantitative estimate of drug-likeness (QED) is 0.719. The van der Waals surface area contributed by atoms with Crippen LogP contribution in [0.2, 0.25) is 0 Å². The monoisotopic (exact) mass is 395 g/mol. The minimum absolute atomic E-state index is 0.0217. The number of anilines is 2. The molecule has 1 saturated carbocycles. The third-order valence-corrected chi connectivity index (χ3v) is 4.70. The largest absolute Gasteiger partial charge is 0.497 e. The molecule has 3 amide bonds. The van der Waals surface area contributed by atoms with E-state index in [9.17, 15) is 14.4 Å².